The lowest BCUT2D eigenvalue weighted by Gasteiger charge is -2.38. The van der Waals surface area contributed by atoms with E-state index in [1.54, 1.807) is 6.92 Å². The summed E-state index contributed by atoms with van der Waals surface area (Å²) < 4.78 is -0.285. The quantitative estimate of drug-likeness (QED) is 0.375. The van der Waals surface area contributed by atoms with E-state index < -0.39 is 0 Å². The lowest BCUT2D eigenvalue weighted by molar-refractivity contribution is -0.297. The van der Waals surface area contributed by atoms with Crippen LogP contribution in [0.25, 0.3) is 0 Å². The monoisotopic (exact) mass is 319 g/mol. The smallest absolute Gasteiger partial charge is 0.248 e. The van der Waals surface area contributed by atoms with E-state index in [0.717, 1.165) is 12.8 Å². The first-order chi connectivity index (χ1) is 8.27. The number of carbonyl (C=O) groups is 1. The van der Waals surface area contributed by atoms with Crippen LogP contribution >= 0.6 is 15.9 Å². The number of rotatable bonds is 4. The Balaban J connectivity index is 2.58. The van der Waals surface area contributed by atoms with Crippen molar-refractivity contribution >= 4 is 21.8 Å². The van der Waals surface area contributed by atoms with Crippen LogP contribution in [-0.2, 0) is 9.68 Å². The summed E-state index contributed by atoms with van der Waals surface area (Å²) in [5.41, 5.74) is 0.573. The molecule has 1 rings (SSSR count). The van der Waals surface area contributed by atoms with E-state index in [1.807, 2.05) is 18.7 Å². The molecule has 0 aromatic rings. The van der Waals surface area contributed by atoms with Crippen molar-refractivity contribution in [1.82, 2.24) is 4.90 Å². The Bertz CT molecular complexity index is 317. The Labute approximate surface area is 117 Å². The van der Waals surface area contributed by atoms with Crippen LogP contribution in [0.3, 0.4) is 0 Å². The molecule has 0 aromatic carbocycles. The molecule has 0 spiro atoms. The van der Waals surface area contributed by atoms with Gasteiger partial charge in [0.05, 0.1) is 0 Å². The van der Waals surface area contributed by atoms with E-state index in [2.05, 4.69) is 27.4 Å². The van der Waals surface area contributed by atoms with Crippen molar-refractivity contribution in [2.45, 2.75) is 44.0 Å². The van der Waals surface area contributed by atoms with Crippen molar-refractivity contribution in [2.75, 3.05) is 13.1 Å². The Hall–Kier alpha value is -0.390. The fraction of sp³-hybridized carbons (Fsp3) is 0.769. The van der Waals surface area contributed by atoms with Gasteiger partial charge in [0.15, 0.2) is 0 Å². The molecule has 1 aliphatic heterocycles. The van der Waals surface area contributed by atoms with E-state index in [9.17, 15) is 4.79 Å². The average molecular weight is 320 g/mol. The fourth-order valence-corrected chi connectivity index (χ4v) is 2.90. The summed E-state index contributed by atoms with van der Waals surface area (Å²) in [6.07, 6.45) is 1.40. The van der Waals surface area contributed by atoms with Crippen LogP contribution < -0.4 is 0 Å². The molecule has 18 heavy (non-hydrogen) atoms. The third kappa shape index (κ3) is 3.80. The maximum absolute atomic E-state index is 11.8. The van der Waals surface area contributed by atoms with Gasteiger partial charge < -0.3 is 4.90 Å². The minimum absolute atomic E-state index is 0.0213. The van der Waals surface area contributed by atoms with Crippen LogP contribution in [0.15, 0.2) is 12.2 Å². The van der Waals surface area contributed by atoms with Gasteiger partial charge in [-0.1, -0.05) is 22.5 Å². The summed E-state index contributed by atoms with van der Waals surface area (Å²) in [5.74, 6) is 0.270. The van der Waals surface area contributed by atoms with Crippen LogP contribution in [-0.4, -0.2) is 39.6 Å². The average Bonchev–Trinajstić information content (AvgIpc) is 2.28. The number of alkyl halides is 1. The zero-order valence-corrected chi connectivity index (χ0v) is 12.9. The summed E-state index contributed by atoms with van der Waals surface area (Å²) in [6, 6.07) is 0. The first-order valence-corrected chi connectivity index (χ1v) is 7.00. The van der Waals surface area contributed by atoms with Gasteiger partial charge in [0.25, 0.3) is 0 Å². The number of hydrogen-bond acceptors (Lipinski definition) is 3. The van der Waals surface area contributed by atoms with Gasteiger partial charge in [0.1, 0.15) is 6.10 Å². The Morgan fingerprint density at radius 2 is 2.00 bits per heavy atom. The highest BCUT2D eigenvalue weighted by Gasteiger charge is 2.37. The third-order valence-electron chi connectivity index (χ3n) is 3.41. The topological polar surface area (TPSA) is 49.8 Å². The highest BCUT2D eigenvalue weighted by atomic mass is 79.9. The zero-order valence-electron chi connectivity index (χ0n) is 11.3. The summed E-state index contributed by atoms with van der Waals surface area (Å²) in [6.45, 7) is 10.7. The molecular weight excluding hydrogens is 298 g/mol. The second-order valence-corrected chi connectivity index (χ2v) is 7.54. The largest absolute Gasteiger partial charge is 0.339 e. The highest BCUT2D eigenvalue weighted by Crippen LogP contribution is 2.34. The second-order valence-electron chi connectivity index (χ2n) is 5.50. The molecule has 0 bridgehead atoms. The molecule has 4 nitrogen and oxygen atoms in total. The number of carbonyl (C=O) groups excluding carboxylic acids is 1. The molecule has 1 fully saturated rings. The predicted octanol–water partition coefficient (Wildman–Crippen LogP) is 2.83. The predicted molar refractivity (Wildman–Crippen MR) is 74.6 cm³/mol. The number of likely N-dealkylation sites (tertiary alicyclic amines) is 1. The zero-order chi connectivity index (χ0) is 13.9. The molecule has 1 amide bonds. The molecule has 0 aromatic heterocycles. The van der Waals surface area contributed by atoms with Gasteiger partial charge in [-0.3, -0.25) is 10.1 Å². The lowest BCUT2D eigenvalue weighted by Crippen LogP contribution is -2.46. The summed E-state index contributed by atoms with van der Waals surface area (Å²) in [5, 5.41) is 9.05. The molecule has 104 valence electrons. The second kappa shape index (κ2) is 6.17. The molecule has 1 N–H and O–H groups in total. The van der Waals surface area contributed by atoms with E-state index in [4.69, 9.17) is 5.26 Å². The number of nitrogens with zero attached hydrogens (tertiary/aromatic N) is 1. The number of piperidine rings is 1. The van der Waals surface area contributed by atoms with Gasteiger partial charge in [-0.25, -0.2) is 4.89 Å². The Kier molecular flexibility index (Phi) is 5.37. The van der Waals surface area contributed by atoms with Crippen LogP contribution in [0, 0.1) is 5.92 Å². The van der Waals surface area contributed by atoms with Crippen molar-refractivity contribution < 1.29 is 14.9 Å². The summed E-state index contributed by atoms with van der Waals surface area (Å²) in [7, 11) is 0. The standard InChI is InChI=1S/C13H22BrNO3/c1-9(2)12(16)15-7-5-10(6-8-15)11(18-17)13(3,4)14/h10-11,17H,1,5-8H2,2-4H3. The third-order valence-corrected chi connectivity index (χ3v) is 3.86. The molecule has 1 saturated heterocycles. The molecular formula is C13H22BrNO3. The minimum Gasteiger partial charge on any atom is -0.339 e. The highest BCUT2D eigenvalue weighted by molar-refractivity contribution is 9.10. The molecule has 5 heteroatoms. The van der Waals surface area contributed by atoms with Gasteiger partial charge in [0.2, 0.25) is 5.91 Å². The van der Waals surface area contributed by atoms with Crippen LogP contribution in [0.2, 0.25) is 0 Å². The molecule has 0 saturated carbocycles. The van der Waals surface area contributed by atoms with Crippen molar-refractivity contribution in [2.24, 2.45) is 5.92 Å². The van der Waals surface area contributed by atoms with Crippen molar-refractivity contribution in [3.05, 3.63) is 12.2 Å². The SMILES string of the molecule is C=C(C)C(=O)N1CCC(C(OO)C(C)(C)Br)CC1. The number of halogens is 1. The first-order valence-electron chi connectivity index (χ1n) is 6.21. The molecule has 0 radical (unpaired) electrons. The number of hydrogen-bond donors (Lipinski definition) is 1. The van der Waals surface area contributed by atoms with Gasteiger partial charge in [-0.15, -0.1) is 0 Å². The normalized spacial score (nSPS) is 19.7. The van der Waals surface area contributed by atoms with Crippen LogP contribution in [0.1, 0.15) is 33.6 Å². The Morgan fingerprint density at radius 3 is 2.33 bits per heavy atom. The van der Waals surface area contributed by atoms with Gasteiger partial charge >= 0.3 is 0 Å². The van der Waals surface area contributed by atoms with Gasteiger partial charge in [-0.2, -0.15) is 0 Å². The van der Waals surface area contributed by atoms with Crippen molar-refractivity contribution in [3.63, 3.8) is 0 Å². The molecule has 0 aliphatic carbocycles. The maximum atomic E-state index is 11.8. The van der Waals surface area contributed by atoms with Crippen molar-refractivity contribution in [3.8, 4) is 0 Å². The lowest BCUT2D eigenvalue weighted by atomic mass is 9.85. The fourth-order valence-electron chi connectivity index (χ4n) is 2.45. The number of amides is 1. The van der Waals surface area contributed by atoms with Gasteiger partial charge in [-0.05, 0) is 39.5 Å². The minimum atomic E-state index is -0.285. The first kappa shape index (κ1) is 15.7. The van der Waals surface area contributed by atoms with Crippen molar-refractivity contribution in [1.29, 1.82) is 0 Å². The van der Waals surface area contributed by atoms with E-state index >= 15 is 0 Å². The van der Waals surface area contributed by atoms with E-state index in [-0.39, 0.29) is 22.3 Å². The Morgan fingerprint density at radius 1 is 1.50 bits per heavy atom. The van der Waals surface area contributed by atoms with E-state index in [1.165, 1.54) is 0 Å². The maximum Gasteiger partial charge on any atom is 0.248 e. The molecule has 1 heterocycles. The molecule has 1 aliphatic rings. The molecule has 1 atom stereocenters. The molecule has 1 unspecified atom stereocenters. The summed E-state index contributed by atoms with van der Waals surface area (Å²) in [4.78, 5) is 18.2. The van der Waals surface area contributed by atoms with Crippen LogP contribution in [0.5, 0.6) is 0 Å². The van der Waals surface area contributed by atoms with E-state index in [0.29, 0.717) is 18.7 Å². The van der Waals surface area contributed by atoms with Gasteiger partial charge in [0, 0.05) is 23.0 Å². The van der Waals surface area contributed by atoms with Crippen LogP contribution in [0.4, 0.5) is 0 Å². The summed E-state index contributed by atoms with van der Waals surface area (Å²) >= 11 is 3.53.